The van der Waals surface area contributed by atoms with E-state index in [1.54, 1.807) is 0 Å². The number of hydrogen-bond acceptors (Lipinski definition) is 8. The number of carbonyl (C=O) groups excluding carboxylic acids is 4. The van der Waals surface area contributed by atoms with Gasteiger partial charge >= 0.3 is 36.5 Å². The normalized spacial score (nSPS) is 7.56. The van der Waals surface area contributed by atoms with E-state index in [-0.39, 0.29) is 36.5 Å². The molecule has 0 saturated heterocycles. The molecule has 0 aliphatic carbocycles. The first-order chi connectivity index (χ1) is 7.25. The van der Waals surface area contributed by atoms with E-state index in [0.29, 0.717) is 0 Å². The van der Waals surface area contributed by atoms with Crippen LogP contribution in [0, 0.1) is 0 Å². The molecule has 0 spiro atoms. The van der Waals surface area contributed by atoms with Crippen LogP contribution in [0.2, 0.25) is 0 Å². The van der Waals surface area contributed by atoms with Gasteiger partial charge in [-0.05, 0) is 25.7 Å². The standard InChI is InChI=1S/2C4H6O4.Cu.Zn/c2*5-3(6)1-2-4(7)8;;/h2*1-2H2,(H,5,6)(H,7,8);;/q;;2*+2/p-4. The SMILES string of the molecule is O=C([O-])CCC(=O)[O-].O=C([O-])CCC(=O)[O-].[Cu+2].[Zn+2]. The first-order valence-electron chi connectivity index (χ1n) is 4.05. The number of aliphatic carboxylic acids is 4. The molecule has 0 aromatic carbocycles. The molecule has 0 fully saturated rings. The van der Waals surface area contributed by atoms with E-state index in [4.69, 9.17) is 0 Å². The van der Waals surface area contributed by atoms with E-state index >= 15 is 0 Å². The smallest absolute Gasteiger partial charge is 0.550 e. The number of carboxylic acids is 4. The Balaban J connectivity index is -0.0000000980. The van der Waals surface area contributed by atoms with Crippen molar-refractivity contribution >= 4 is 23.9 Å². The molecule has 10 heteroatoms. The van der Waals surface area contributed by atoms with Gasteiger partial charge in [0.25, 0.3) is 0 Å². The van der Waals surface area contributed by atoms with Crippen molar-refractivity contribution in [2.45, 2.75) is 25.7 Å². The summed E-state index contributed by atoms with van der Waals surface area (Å²) in [6, 6.07) is 0. The van der Waals surface area contributed by atoms with Crippen LogP contribution >= 0.6 is 0 Å². The molecule has 18 heavy (non-hydrogen) atoms. The minimum Gasteiger partial charge on any atom is -0.550 e. The molecule has 0 aliphatic rings. The van der Waals surface area contributed by atoms with E-state index in [1.807, 2.05) is 0 Å². The Labute approximate surface area is 126 Å². The number of rotatable bonds is 6. The molecule has 0 atom stereocenters. The second-order valence-corrected chi connectivity index (χ2v) is 2.49. The third-order valence-electron chi connectivity index (χ3n) is 1.07. The van der Waals surface area contributed by atoms with Crippen LogP contribution in [0.1, 0.15) is 25.7 Å². The predicted octanol–water partition coefficient (Wildman–Crippen LogP) is -5.47. The minimum absolute atomic E-state index is 0. The first kappa shape index (κ1) is 25.8. The van der Waals surface area contributed by atoms with Crippen LogP contribution in [0.15, 0.2) is 0 Å². The summed E-state index contributed by atoms with van der Waals surface area (Å²) >= 11 is 0. The fourth-order valence-corrected chi connectivity index (χ4v) is 0.408. The largest absolute Gasteiger partial charge is 2.00 e. The second kappa shape index (κ2) is 16.0. The molecule has 0 bridgehead atoms. The summed E-state index contributed by atoms with van der Waals surface area (Å²) in [4.78, 5) is 38.0. The molecule has 0 aromatic heterocycles. The molecule has 0 rings (SSSR count). The van der Waals surface area contributed by atoms with Crippen molar-refractivity contribution in [2.75, 3.05) is 0 Å². The molecule has 0 N–H and O–H groups in total. The minimum atomic E-state index is -1.37. The number of carboxylic acid groups (broad SMARTS) is 4. The molecule has 0 aromatic rings. The van der Waals surface area contributed by atoms with Crippen molar-refractivity contribution < 1.29 is 76.2 Å². The van der Waals surface area contributed by atoms with Gasteiger partial charge in [-0.3, -0.25) is 0 Å². The van der Waals surface area contributed by atoms with Crippen molar-refractivity contribution in [3.8, 4) is 0 Å². The summed E-state index contributed by atoms with van der Waals surface area (Å²) in [7, 11) is 0. The van der Waals surface area contributed by atoms with Gasteiger partial charge in [0.1, 0.15) is 0 Å². The molecule has 8 nitrogen and oxygen atoms in total. The Morgan fingerprint density at radius 3 is 0.722 bits per heavy atom. The average molecular weight is 361 g/mol. The zero-order chi connectivity index (χ0) is 13.1. The van der Waals surface area contributed by atoms with E-state index < -0.39 is 49.6 Å². The molecule has 101 valence electrons. The van der Waals surface area contributed by atoms with Gasteiger partial charge < -0.3 is 39.6 Å². The Morgan fingerprint density at radius 2 is 0.667 bits per heavy atom. The van der Waals surface area contributed by atoms with E-state index in [9.17, 15) is 39.6 Å². The van der Waals surface area contributed by atoms with Gasteiger partial charge in [0.15, 0.2) is 0 Å². The number of hydrogen-bond donors (Lipinski definition) is 0. The van der Waals surface area contributed by atoms with Crippen LogP contribution in [0.4, 0.5) is 0 Å². The number of carbonyl (C=O) groups is 4. The van der Waals surface area contributed by atoms with Crippen molar-refractivity contribution in [3.05, 3.63) is 0 Å². The molecule has 0 amide bonds. The zero-order valence-corrected chi connectivity index (χ0v) is 13.0. The summed E-state index contributed by atoms with van der Waals surface area (Å²) in [5.41, 5.74) is 0. The summed E-state index contributed by atoms with van der Waals surface area (Å²) in [5, 5.41) is 38.0. The van der Waals surface area contributed by atoms with Gasteiger partial charge in [-0.25, -0.2) is 0 Å². The summed E-state index contributed by atoms with van der Waals surface area (Å²) < 4.78 is 0. The van der Waals surface area contributed by atoms with Crippen LogP contribution in [-0.2, 0) is 55.7 Å². The third kappa shape index (κ3) is 36.3. The van der Waals surface area contributed by atoms with Crippen LogP contribution in [0.5, 0.6) is 0 Å². The summed E-state index contributed by atoms with van der Waals surface area (Å²) in [6.07, 6.45) is -1.88. The molecule has 0 saturated carbocycles. The van der Waals surface area contributed by atoms with Crippen molar-refractivity contribution in [2.24, 2.45) is 0 Å². The Kier molecular flexibility index (Phi) is 22.9. The molecule has 0 unspecified atom stereocenters. The van der Waals surface area contributed by atoms with Gasteiger partial charge in [-0.2, -0.15) is 0 Å². The maximum atomic E-state index is 9.50. The van der Waals surface area contributed by atoms with E-state index in [2.05, 4.69) is 0 Å². The first-order valence-corrected chi connectivity index (χ1v) is 4.05. The van der Waals surface area contributed by atoms with Crippen LogP contribution in [0.3, 0.4) is 0 Å². The Morgan fingerprint density at radius 1 is 0.556 bits per heavy atom. The average Bonchev–Trinajstić information content (AvgIpc) is 2.12. The zero-order valence-electron chi connectivity index (χ0n) is 9.10. The predicted molar refractivity (Wildman–Crippen MR) is 38.5 cm³/mol. The Bertz CT molecular complexity index is 224. The molecular weight excluding hydrogens is 353 g/mol. The second-order valence-electron chi connectivity index (χ2n) is 2.49. The third-order valence-corrected chi connectivity index (χ3v) is 1.07. The Hall–Kier alpha value is -0.977. The van der Waals surface area contributed by atoms with Crippen LogP contribution in [0.25, 0.3) is 0 Å². The van der Waals surface area contributed by atoms with Gasteiger partial charge in [-0.15, -0.1) is 0 Å². The monoisotopic (exact) mass is 359 g/mol. The van der Waals surface area contributed by atoms with Crippen LogP contribution < -0.4 is 20.4 Å². The van der Waals surface area contributed by atoms with Crippen molar-refractivity contribution in [1.29, 1.82) is 0 Å². The maximum absolute atomic E-state index is 9.50. The van der Waals surface area contributed by atoms with Crippen LogP contribution in [-0.4, -0.2) is 23.9 Å². The van der Waals surface area contributed by atoms with Gasteiger partial charge in [0.2, 0.25) is 0 Å². The topological polar surface area (TPSA) is 161 Å². The van der Waals surface area contributed by atoms with Gasteiger partial charge in [0.05, 0.1) is 0 Å². The van der Waals surface area contributed by atoms with E-state index in [1.165, 1.54) is 0 Å². The summed E-state index contributed by atoms with van der Waals surface area (Å²) in [5.74, 6) is -5.47. The molecule has 0 aliphatic heterocycles. The molecular formula is C8H8CuO8Zn. The van der Waals surface area contributed by atoms with Crippen molar-refractivity contribution in [3.63, 3.8) is 0 Å². The van der Waals surface area contributed by atoms with Crippen molar-refractivity contribution in [1.82, 2.24) is 0 Å². The maximum Gasteiger partial charge on any atom is 2.00 e. The fourth-order valence-electron chi connectivity index (χ4n) is 0.408. The summed E-state index contributed by atoms with van der Waals surface area (Å²) in [6.45, 7) is 0. The fraction of sp³-hybridized carbons (Fsp3) is 0.500. The molecule has 0 heterocycles. The quantitative estimate of drug-likeness (QED) is 0.423. The van der Waals surface area contributed by atoms with E-state index in [0.717, 1.165) is 0 Å². The van der Waals surface area contributed by atoms with Gasteiger partial charge in [0, 0.05) is 23.9 Å². The molecule has 1 radical (unpaired) electrons. The van der Waals surface area contributed by atoms with Gasteiger partial charge in [-0.1, -0.05) is 0 Å².